The van der Waals surface area contributed by atoms with Crippen LogP contribution in [0.2, 0.25) is 4.34 Å². The zero-order valence-corrected chi connectivity index (χ0v) is 10.1. The Morgan fingerprint density at radius 3 is 2.46 bits per heavy atom. The van der Waals surface area contributed by atoms with Gasteiger partial charge in [0.2, 0.25) is 0 Å². The lowest BCUT2D eigenvalue weighted by atomic mass is 10.1. The van der Waals surface area contributed by atoms with Crippen molar-refractivity contribution in [3.8, 4) is 0 Å². The Labute approximate surface area is 89.9 Å². The van der Waals surface area contributed by atoms with Gasteiger partial charge in [-0.3, -0.25) is 0 Å². The van der Waals surface area contributed by atoms with Gasteiger partial charge in [-0.2, -0.15) is 0 Å². The average molecular weight is 238 g/mol. The van der Waals surface area contributed by atoms with Crippen molar-refractivity contribution in [1.29, 1.82) is 0 Å². The molecule has 0 aliphatic carbocycles. The van der Waals surface area contributed by atoms with Crippen LogP contribution in [0, 0.1) is 0 Å². The molecule has 74 valence electrons. The first kappa shape index (κ1) is 11.2. The lowest BCUT2D eigenvalue weighted by Crippen LogP contribution is -2.36. The van der Waals surface area contributed by atoms with E-state index < -0.39 is 11.0 Å². The lowest BCUT2D eigenvalue weighted by Gasteiger charge is -2.18. The summed E-state index contributed by atoms with van der Waals surface area (Å²) in [6.07, 6.45) is 0. The molecule has 1 aromatic heterocycles. The highest BCUT2D eigenvalue weighted by molar-refractivity contribution is 7.85. The van der Waals surface area contributed by atoms with Crippen molar-refractivity contribution in [3.05, 3.63) is 16.5 Å². The second-order valence-electron chi connectivity index (χ2n) is 3.68. The van der Waals surface area contributed by atoms with E-state index in [1.807, 2.05) is 20.8 Å². The van der Waals surface area contributed by atoms with Crippen molar-refractivity contribution in [3.63, 3.8) is 0 Å². The van der Waals surface area contributed by atoms with Crippen LogP contribution >= 0.6 is 22.9 Å². The molecule has 0 saturated carbocycles. The normalized spacial score (nSPS) is 14.5. The predicted octanol–water partition coefficient (Wildman–Crippen LogP) is 2.81. The summed E-state index contributed by atoms with van der Waals surface area (Å²) in [7, 11) is -1.15. The van der Waals surface area contributed by atoms with Crippen LogP contribution in [0.15, 0.2) is 16.3 Å². The maximum Gasteiger partial charge on any atom is 0.135 e. The first-order chi connectivity index (χ1) is 5.88. The minimum Gasteiger partial charge on any atom is -0.237 e. The molecule has 1 N–H and O–H groups in total. The number of hydrogen-bond acceptors (Lipinski definition) is 2. The average Bonchev–Trinajstić information content (AvgIpc) is 2.31. The van der Waals surface area contributed by atoms with Gasteiger partial charge in [-0.25, -0.2) is 8.93 Å². The fourth-order valence-corrected chi connectivity index (χ4v) is 3.19. The Bertz CT molecular complexity index is 316. The second-order valence-corrected chi connectivity index (χ2v) is 6.83. The zero-order chi connectivity index (χ0) is 10.1. The van der Waals surface area contributed by atoms with Crippen LogP contribution < -0.4 is 4.72 Å². The summed E-state index contributed by atoms with van der Waals surface area (Å²) >= 11 is 7.07. The SMILES string of the molecule is CC(C)(C)N[S@](=O)c1ccc(Cl)s1. The van der Waals surface area contributed by atoms with Crippen LogP contribution in [0.1, 0.15) is 20.8 Å². The van der Waals surface area contributed by atoms with Gasteiger partial charge in [0.25, 0.3) is 0 Å². The molecule has 2 nitrogen and oxygen atoms in total. The quantitative estimate of drug-likeness (QED) is 0.842. The number of halogens is 1. The van der Waals surface area contributed by atoms with E-state index in [0.29, 0.717) is 4.34 Å². The van der Waals surface area contributed by atoms with Crippen molar-refractivity contribution in [2.45, 2.75) is 30.5 Å². The number of rotatable bonds is 2. The van der Waals surface area contributed by atoms with Crippen molar-refractivity contribution >= 4 is 33.9 Å². The molecule has 0 amide bonds. The minimum atomic E-state index is -1.15. The Hall–Kier alpha value is 0.1000. The van der Waals surface area contributed by atoms with Gasteiger partial charge in [0, 0.05) is 5.54 Å². The van der Waals surface area contributed by atoms with Crippen LogP contribution in [0.5, 0.6) is 0 Å². The van der Waals surface area contributed by atoms with E-state index in [1.165, 1.54) is 11.3 Å². The van der Waals surface area contributed by atoms with Crippen molar-refractivity contribution in [1.82, 2.24) is 4.72 Å². The third kappa shape index (κ3) is 3.77. The molecular formula is C8H12ClNOS2. The standard InChI is InChI=1S/C8H12ClNOS2/c1-8(2,3)10-13(11)7-5-4-6(9)12-7/h4-5,10H,1-3H3/t13-/m1/s1. The molecular weight excluding hydrogens is 226 g/mol. The van der Waals surface area contributed by atoms with Crippen molar-refractivity contribution < 1.29 is 4.21 Å². The summed E-state index contributed by atoms with van der Waals surface area (Å²) < 4.78 is 16.0. The first-order valence-corrected chi connectivity index (χ1v) is 6.18. The van der Waals surface area contributed by atoms with E-state index >= 15 is 0 Å². The molecule has 1 heterocycles. The van der Waals surface area contributed by atoms with Gasteiger partial charge >= 0.3 is 0 Å². The molecule has 0 aliphatic heterocycles. The van der Waals surface area contributed by atoms with E-state index in [9.17, 15) is 4.21 Å². The largest absolute Gasteiger partial charge is 0.237 e. The van der Waals surface area contributed by atoms with E-state index in [4.69, 9.17) is 11.6 Å². The third-order valence-electron chi connectivity index (χ3n) is 1.13. The molecule has 0 fully saturated rings. The Kier molecular flexibility index (Phi) is 3.51. The number of hydrogen-bond donors (Lipinski definition) is 1. The molecule has 0 unspecified atom stereocenters. The maximum absolute atomic E-state index is 11.6. The second kappa shape index (κ2) is 4.09. The van der Waals surface area contributed by atoms with E-state index in [2.05, 4.69) is 4.72 Å². The highest BCUT2D eigenvalue weighted by atomic mass is 35.5. The molecule has 0 aliphatic rings. The van der Waals surface area contributed by atoms with Crippen LogP contribution in [-0.2, 0) is 11.0 Å². The van der Waals surface area contributed by atoms with Crippen molar-refractivity contribution in [2.24, 2.45) is 0 Å². The first-order valence-electron chi connectivity index (χ1n) is 3.83. The Balaban J connectivity index is 2.70. The number of thiophene rings is 1. The topological polar surface area (TPSA) is 29.1 Å². The Morgan fingerprint density at radius 1 is 1.46 bits per heavy atom. The summed E-state index contributed by atoms with van der Waals surface area (Å²) in [6, 6.07) is 3.53. The van der Waals surface area contributed by atoms with E-state index in [1.54, 1.807) is 12.1 Å². The molecule has 0 radical (unpaired) electrons. The van der Waals surface area contributed by atoms with Crippen LogP contribution in [0.4, 0.5) is 0 Å². The molecule has 5 heteroatoms. The smallest absolute Gasteiger partial charge is 0.135 e. The summed E-state index contributed by atoms with van der Waals surface area (Å²) in [5, 5.41) is 0. The predicted molar refractivity (Wildman–Crippen MR) is 58.6 cm³/mol. The van der Waals surface area contributed by atoms with Gasteiger partial charge in [0.05, 0.1) is 4.34 Å². The molecule has 1 aromatic rings. The fourth-order valence-electron chi connectivity index (χ4n) is 0.726. The monoisotopic (exact) mass is 237 g/mol. The van der Waals surface area contributed by atoms with Gasteiger partial charge in [-0.1, -0.05) is 11.6 Å². The Morgan fingerprint density at radius 2 is 2.08 bits per heavy atom. The molecule has 1 atom stereocenters. The number of nitrogens with one attached hydrogen (secondary N) is 1. The molecule has 0 spiro atoms. The van der Waals surface area contributed by atoms with Crippen LogP contribution in [-0.4, -0.2) is 9.75 Å². The van der Waals surface area contributed by atoms with Crippen LogP contribution in [0.3, 0.4) is 0 Å². The maximum atomic E-state index is 11.6. The summed E-state index contributed by atoms with van der Waals surface area (Å²) in [5.74, 6) is 0. The van der Waals surface area contributed by atoms with Gasteiger partial charge < -0.3 is 0 Å². The molecule has 0 saturated heterocycles. The van der Waals surface area contributed by atoms with E-state index in [-0.39, 0.29) is 5.54 Å². The van der Waals surface area contributed by atoms with Crippen LogP contribution in [0.25, 0.3) is 0 Å². The third-order valence-corrected chi connectivity index (χ3v) is 4.16. The van der Waals surface area contributed by atoms with Gasteiger partial charge in [0.15, 0.2) is 0 Å². The van der Waals surface area contributed by atoms with Gasteiger partial charge in [-0.15, -0.1) is 11.3 Å². The molecule has 0 aromatic carbocycles. The van der Waals surface area contributed by atoms with E-state index in [0.717, 1.165) is 4.21 Å². The zero-order valence-electron chi connectivity index (χ0n) is 7.76. The summed E-state index contributed by atoms with van der Waals surface area (Å²) in [6.45, 7) is 5.92. The van der Waals surface area contributed by atoms with Crippen molar-refractivity contribution in [2.75, 3.05) is 0 Å². The molecule has 0 bridgehead atoms. The molecule has 1 rings (SSSR count). The van der Waals surface area contributed by atoms with Gasteiger partial charge in [0.1, 0.15) is 15.2 Å². The lowest BCUT2D eigenvalue weighted by molar-refractivity contribution is 0.520. The highest BCUT2D eigenvalue weighted by Crippen LogP contribution is 2.24. The fraction of sp³-hybridized carbons (Fsp3) is 0.500. The highest BCUT2D eigenvalue weighted by Gasteiger charge is 2.15. The summed E-state index contributed by atoms with van der Waals surface area (Å²) in [5.41, 5.74) is -0.151. The molecule has 13 heavy (non-hydrogen) atoms. The summed E-state index contributed by atoms with van der Waals surface area (Å²) in [4.78, 5) is 0. The van der Waals surface area contributed by atoms with Gasteiger partial charge in [-0.05, 0) is 32.9 Å². The minimum absolute atomic E-state index is 0.151.